The van der Waals surface area contributed by atoms with Crippen LogP contribution in [0.2, 0.25) is 0 Å². The van der Waals surface area contributed by atoms with E-state index in [1.54, 1.807) is 0 Å². The van der Waals surface area contributed by atoms with Crippen molar-refractivity contribution in [1.29, 1.82) is 0 Å². The maximum Gasteiger partial charge on any atom is 0.404 e. The lowest BCUT2D eigenvalue weighted by Crippen LogP contribution is -2.37. The van der Waals surface area contributed by atoms with Crippen LogP contribution in [0.25, 0.3) is 0 Å². The maximum atomic E-state index is 9.55. The van der Waals surface area contributed by atoms with Crippen molar-refractivity contribution in [2.75, 3.05) is 33.0 Å². The van der Waals surface area contributed by atoms with Crippen LogP contribution in [0.4, 0.5) is 0 Å². The van der Waals surface area contributed by atoms with Gasteiger partial charge in [-0.2, -0.15) is 0 Å². The molecule has 0 saturated carbocycles. The molecule has 260 valence electrons. The average Bonchev–Trinajstić information content (AvgIpc) is 2.92. The van der Waals surface area contributed by atoms with Crippen LogP contribution >= 0.6 is 17.2 Å². The van der Waals surface area contributed by atoms with Crippen molar-refractivity contribution < 1.29 is 43.6 Å². The Morgan fingerprint density at radius 2 is 1.09 bits per heavy atom. The van der Waals surface area contributed by atoms with Crippen molar-refractivity contribution in [2.45, 2.75) is 131 Å². The molecule has 0 fully saturated rings. The smallest absolute Gasteiger partial charge is 0.404 e. The van der Waals surface area contributed by atoms with Gasteiger partial charge in [0.15, 0.2) is 0 Å². The highest BCUT2D eigenvalue weighted by Gasteiger charge is 2.31. The lowest BCUT2D eigenvalue weighted by Gasteiger charge is -2.31. The van der Waals surface area contributed by atoms with E-state index in [9.17, 15) is 9.79 Å². The van der Waals surface area contributed by atoms with Gasteiger partial charge in [-0.05, 0) is 30.1 Å². The van der Waals surface area contributed by atoms with E-state index < -0.39 is 49.0 Å². The predicted molar refractivity (Wildman–Crippen MR) is 182 cm³/mol. The fourth-order valence-electron chi connectivity index (χ4n) is 4.34. The quantitative estimate of drug-likeness (QED) is 0.0613. The first-order valence-corrected chi connectivity index (χ1v) is 18.3. The van der Waals surface area contributed by atoms with Crippen molar-refractivity contribution in [3.63, 3.8) is 0 Å². The van der Waals surface area contributed by atoms with E-state index in [-0.39, 0.29) is 10.8 Å². The highest BCUT2D eigenvalue weighted by Crippen LogP contribution is 2.54. The van der Waals surface area contributed by atoms with Gasteiger partial charge in [0.1, 0.15) is 5.75 Å². The molecule has 0 saturated heterocycles. The highest BCUT2D eigenvalue weighted by molar-refractivity contribution is 7.54. The zero-order valence-electron chi connectivity index (χ0n) is 28.9. The van der Waals surface area contributed by atoms with Gasteiger partial charge in [0.25, 0.3) is 0 Å². The van der Waals surface area contributed by atoms with Gasteiger partial charge in [-0.1, -0.05) is 124 Å². The first kappa shape index (κ1) is 43.6. The first-order chi connectivity index (χ1) is 20.5. The number of aliphatic hydroxyl groups is 4. The third kappa shape index (κ3) is 18.0. The second-order valence-corrected chi connectivity index (χ2v) is 16.4. The van der Waals surface area contributed by atoms with Gasteiger partial charge in [-0.15, -0.1) is 0 Å². The average molecular weight is 667 g/mol. The third-order valence-electron chi connectivity index (χ3n) is 7.37. The Labute approximate surface area is 270 Å². The van der Waals surface area contributed by atoms with Gasteiger partial charge in [-0.25, -0.2) is 4.31 Å². The van der Waals surface area contributed by atoms with Gasteiger partial charge >= 0.3 is 17.2 Å². The van der Waals surface area contributed by atoms with E-state index in [2.05, 4.69) is 74.4 Å². The molecule has 1 atom stereocenters. The molecule has 1 aromatic rings. The van der Waals surface area contributed by atoms with E-state index in [1.165, 1.54) is 50.5 Å². The van der Waals surface area contributed by atoms with Gasteiger partial charge in [-0.3, -0.25) is 0 Å². The lowest BCUT2D eigenvalue weighted by molar-refractivity contribution is -0.0328. The SMILES string of the molecule is Cc1cc(C(C)(C)C)c(OP(OCCCCCCCCCCC(C)C)OP(O)O)c(C(C)(C)C)c1.OCC(CO)(CO)CO. The minimum atomic E-state index is -2.58. The summed E-state index contributed by atoms with van der Waals surface area (Å²) in [7, 11) is -4.50. The zero-order valence-corrected chi connectivity index (χ0v) is 30.7. The van der Waals surface area contributed by atoms with Crippen molar-refractivity contribution in [1.82, 2.24) is 0 Å². The summed E-state index contributed by atoms with van der Waals surface area (Å²) in [5.41, 5.74) is 1.89. The number of rotatable bonds is 20. The maximum absolute atomic E-state index is 9.55. The number of unbranched alkanes of at least 4 members (excludes halogenated alkanes) is 7. The summed E-state index contributed by atoms with van der Waals surface area (Å²) >= 11 is 0. The van der Waals surface area contributed by atoms with Gasteiger partial charge in [0, 0.05) is 11.1 Å². The summed E-state index contributed by atoms with van der Waals surface area (Å²) in [6.45, 7) is 18.4. The molecular formula is C33H64O9P2. The molecule has 0 aliphatic heterocycles. The summed E-state index contributed by atoms with van der Waals surface area (Å²) in [6.07, 6.45) is 11.1. The number of aryl methyl sites for hydroxylation is 1. The minimum Gasteiger partial charge on any atom is -0.426 e. The number of hydrogen-bond acceptors (Lipinski definition) is 9. The Morgan fingerprint density at radius 3 is 1.43 bits per heavy atom. The summed E-state index contributed by atoms with van der Waals surface area (Å²) in [5, 5.41) is 34.0. The monoisotopic (exact) mass is 666 g/mol. The van der Waals surface area contributed by atoms with Crippen LogP contribution in [0, 0.1) is 18.3 Å². The van der Waals surface area contributed by atoms with Crippen LogP contribution in [0.3, 0.4) is 0 Å². The molecule has 1 aromatic carbocycles. The molecule has 9 nitrogen and oxygen atoms in total. The van der Waals surface area contributed by atoms with Crippen LogP contribution in [0.5, 0.6) is 5.75 Å². The molecule has 44 heavy (non-hydrogen) atoms. The molecule has 0 bridgehead atoms. The van der Waals surface area contributed by atoms with Crippen LogP contribution < -0.4 is 4.52 Å². The van der Waals surface area contributed by atoms with E-state index >= 15 is 0 Å². The Balaban J connectivity index is 0.00000177. The molecule has 1 unspecified atom stereocenters. The third-order valence-corrected chi connectivity index (χ3v) is 9.21. The van der Waals surface area contributed by atoms with Crippen LogP contribution in [-0.2, 0) is 19.7 Å². The molecular weight excluding hydrogens is 602 g/mol. The van der Waals surface area contributed by atoms with Crippen molar-refractivity contribution in [2.24, 2.45) is 11.3 Å². The van der Waals surface area contributed by atoms with E-state index in [4.69, 9.17) is 33.8 Å². The van der Waals surface area contributed by atoms with Gasteiger partial charge in [0.2, 0.25) is 0 Å². The highest BCUT2D eigenvalue weighted by atomic mass is 31.2. The van der Waals surface area contributed by atoms with Crippen molar-refractivity contribution >= 4 is 17.2 Å². The second kappa shape index (κ2) is 22.2. The standard InChI is InChI=1S/C28H52O5P2.C5H12O4/c1-22(2)18-16-14-12-10-11-13-15-17-19-31-35(33-34(29)30)32-26-24(27(4,5)6)20-23(3)21-25(26)28(7,8)9;6-1-5(2-7,3-8)4-9/h20-22,29-30H,10-19H2,1-9H3;6-9H,1-4H2. The fourth-order valence-corrected chi connectivity index (χ4v) is 5.82. The molecule has 0 aromatic heterocycles. The Kier molecular flexibility index (Phi) is 22.0. The number of aliphatic hydroxyl groups excluding tert-OH is 4. The predicted octanol–water partition coefficient (Wildman–Crippen LogP) is 7.55. The summed E-state index contributed by atoms with van der Waals surface area (Å²) in [4.78, 5) is 19.1. The van der Waals surface area contributed by atoms with Crippen LogP contribution in [-0.4, -0.2) is 63.2 Å². The molecule has 0 aliphatic rings. The van der Waals surface area contributed by atoms with E-state index in [0.717, 1.165) is 35.6 Å². The topological polar surface area (TPSA) is 149 Å². The minimum absolute atomic E-state index is 0.152. The molecule has 0 spiro atoms. The Bertz CT molecular complexity index is 826. The van der Waals surface area contributed by atoms with E-state index in [1.807, 2.05) is 0 Å². The molecule has 0 heterocycles. The molecule has 0 radical (unpaired) electrons. The second-order valence-electron chi connectivity index (χ2n) is 14.3. The molecule has 6 N–H and O–H groups in total. The summed E-state index contributed by atoms with van der Waals surface area (Å²) in [5.74, 6) is 1.55. The molecule has 0 amide bonds. The van der Waals surface area contributed by atoms with Gasteiger partial charge in [0.05, 0.1) is 38.4 Å². The first-order valence-electron chi connectivity index (χ1n) is 16.0. The van der Waals surface area contributed by atoms with Crippen molar-refractivity contribution in [3.8, 4) is 5.75 Å². The molecule has 0 aliphatic carbocycles. The molecule has 11 heteroatoms. The fraction of sp³-hybridized carbons (Fsp3) is 0.818. The zero-order chi connectivity index (χ0) is 34.0. The summed E-state index contributed by atoms with van der Waals surface area (Å²) in [6, 6.07) is 4.28. The van der Waals surface area contributed by atoms with Crippen LogP contribution in [0.1, 0.15) is 130 Å². The Morgan fingerprint density at radius 1 is 0.682 bits per heavy atom. The number of benzene rings is 1. The summed E-state index contributed by atoms with van der Waals surface area (Å²) < 4.78 is 17.5. The molecule has 1 rings (SSSR count). The van der Waals surface area contributed by atoms with Gasteiger partial charge < -0.3 is 39.3 Å². The number of hydrogen-bond donors (Lipinski definition) is 6. The van der Waals surface area contributed by atoms with Crippen LogP contribution in [0.15, 0.2) is 12.1 Å². The lowest BCUT2D eigenvalue weighted by atomic mass is 9.78. The van der Waals surface area contributed by atoms with E-state index in [0.29, 0.717) is 6.61 Å². The Hall–Kier alpha value is -0.440. The van der Waals surface area contributed by atoms with Crippen molar-refractivity contribution in [3.05, 3.63) is 28.8 Å². The largest absolute Gasteiger partial charge is 0.426 e. The normalized spacial score (nSPS) is 13.3.